The fourth-order valence-corrected chi connectivity index (χ4v) is 2.35. The molecule has 6 nitrogen and oxygen atoms in total. The number of likely N-dealkylation sites (N-methyl/N-ethyl adjacent to an activating group) is 1. The summed E-state index contributed by atoms with van der Waals surface area (Å²) in [6.07, 6.45) is 3.25. The minimum atomic E-state index is -2.97. The Morgan fingerprint density at radius 3 is 2.67 bits per heavy atom. The molecule has 0 aliphatic rings. The van der Waals surface area contributed by atoms with E-state index in [9.17, 15) is 8.42 Å². The van der Waals surface area contributed by atoms with Crippen LogP contribution in [0.1, 0.15) is 5.82 Å². The molecule has 0 radical (unpaired) electrons. The fourth-order valence-electron chi connectivity index (χ4n) is 1.34. The first-order chi connectivity index (χ1) is 6.92. The van der Waals surface area contributed by atoms with Gasteiger partial charge in [-0.2, -0.15) is 5.10 Å². The fraction of sp³-hybridized carbons (Fsp3) is 0.750. The molecule has 1 heterocycles. The molecule has 1 aromatic rings. The Balaban J connectivity index is 2.66. The summed E-state index contributed by atoms with van der Waals surface area (Å²) >= 11 is 0. The molecule has 15 heavy (non-hydrogen) atoms. The van der Waals surface area contributed by atoms with E-state index in [0.29, 0.717) is 6.42 Å². The van der Waals surface area contributed by atoms with Crippen LogP contribution in [0.3, 0.4) is 0 Å². The van der Waals surface area contributed by atoms with E-state index in [1.807, 2.05) is 0 Å². The molecule has 1 atom stereocenters. The van der Waals surface area contributed by atoms with Crippen molar-refractivity contribution in [2.45, 2.75) is 12.5 Å². The van der Waals surface area contributed by atoms with Crippen LogP contribution in [-0.2, 0) is 23.3 Å². The Labute approximate surface area is 89.6 Å². The predicted molar refractivity (Wildman–Crippen MR) is 57.3 cm³/mol. The van der Waals surface area contributed by atoms with Crippen molar-refractivity contribution >= 4 is 9.84 Å². The number of aromatic nitrogens is 3. The van der Waals surface area contributed by atoms with Gasteiger partial charge in [0.1, 0.15) is 22.0 Å². The van der Waals surface area contributed by atoms with E-state index in [1.165, 1.54) is 12.6 Å². The van der Waals surface area contributed by atoms with Crippen molar-refractivity contribution in [1.82, 2.24) is 20.1 Å². The number of aryl methyl sites for hydroxylation is 1. The van der Waals surface area contributed by atoms with Crippen molar-refractivity contribution in [1.29, 1.82) is 0 Å². The van der Waals surface area contributed by atoms with Gasteiger partial charge >= 0.3 is 0 Å². The largest absolute Gasteiger partial charge is 0.316 e. The summed E-state index contributed by atoms with van der Waals surface area (Å²) in [4.78, 5) is 4.05. The van der Waals surface area contributed by atoms with Crippen molar-refractivity contribution in [3.05, 3.63) is 12.2 Å². The number of nitrogens with one attached hydrogen (secondary N) is 1. The van der Waals surface area contributed by atoms with Crippen LogP contribution in [0.5, 0.6) is 0 Å². The van der Waals surface area contributed by atoms with Gasteiger partial charge in [0, 0.05) is 25.8 Å². The molecule has 0 aliphatic carbocycles. The average molecular weight is 232 g/mol. The van der Waals surface area contributed by atoms with Gasteiger partial charge in [0.2, 0.25) is 0 Å². The van der Waals surface area contributed by atoms with Crippen LogP contribution >= 0.6 is 0 Å². The van der Waals surface area contributed by atoms with Gasteiger partial charge in [-0.15, -0.1) is 0 Å². The molecule has 0 saturated carbocycles. The molecular formula is C8H16N4O2S. The highest BCUT2D eigenvalue weighted by Crippen LogP contribution is 2.00. The monoisotopic (exact) mass is 232 g/mol. The van der Waals surface area contributed by atoms with Crippen molar-refractivity contribution in [2.24, 2.45) is 7.05 Å². The van der Waals surface area contributed by atoms with Gasteiger partial charge < -0.3 is 5.32 Å². The molecule has 0 aromatic carbocycles. The highest BCUT2D eigenvalue weighted by molar-refractivity contribution is 7.90. The smallest absolute Gasteiger partial charge is 0.148 e. The van der Waals surface area contributed by atoms with Crippen molar-refractivity contribution in [3.63, 3.8) is 0 Å². The molecule has 1 unspecified atom stereocenters. The molecule has 0 spiro atoms. The summed E-state index contributed by atoms with van der Waals surface area (Å²) in [5, 5.41) is 6.89. The van der Waals surface area contributed by atoms with Crippen LogP contribution in [0, 0.1) is 0 Å². The summed E-state index contributed by atoms with van der Waals surface area (Å²) in [6.45, 7) is 0. The zero-order chi connectivity index (χ0) is 11.5. The molecule has 1 aromatic heterocycles. The molecule has 1 N–H and O–H groups in total. The van der Waals surface area contributed by atoms with Gasteiger partial charge in [0.25, 0.3) is 0 Å². The summed E-state index contributed by atoms with van der Waals surface area (Å²) in [5.41, 5.74) is 0. The van der Waals surface area contributed by atoms with E-state index >= 15 is 0 Å². The van der Waals surface area contributed by atoms with E-state index in [2.05, 4.69) is 15.4 Å². The maximum Gasteiger partial charge on any atom is 0.148 e. The SMILES string of the molecule is CNC(Cc1ncnn1C)CS(C)(=O)=O. The number of sulfone groups is 1. The van der Waals surface area contributed by atoms with Gasteiger partial charge in [-0.1, -0.05) is 0 Å². The summed E-state index contributed by atoms with van der Waals surface area (Å²) < 4.78 is 23.9. The van der Waals surface area contributed by atoms with Crippen LogP contribution in [0.25, 0.3) is 0 Å². The van der Waals surface area contributed by atoms with Gasteiger partial charge in [0.05, 0.1) is 5.75 Å². The third-order valence-electron chi connectivity index (χ3n) is 2.15. The lowest BCUT2D eigenvalue weighted by molar-refractivity contribution is 0.547. The van der Waals surface area contributed by atoms with Crippen LogP contribution in [0.2, 0.25) is 0 Å². The molecule has 0 bridgehead atoms. The van der Waals surface area contributed by atoms with Crippen molar-refractivity contribution in [2.75, 3.05) is 19.1 Å². The number of rotatable bonds is 5. The Kier molecular flexibility index (Phi) is 3.81. The summed E-state index contributed by atoms with van der Waals surface area (Å²) in [6, 6.07) is -0.122. The zero-order valence-corrected chi connectivity index (χ0v) is 9.95. The zero-order valence-electron chi connectivity index (χ0n) is 9.14. The van der Waals surface area contributed by atoms with Gasteiger partial charge in [0.15, 0.2) is 0 Å². The van der Waals surface area contributed by atoms with E-state index in [-0.39, 0.29) is 11.8 Å². The highest BCUT2D eigenvalue weighted by atomic mass is 32.2. The molecule has 0 aliphatic heterocycles. The predicted octanol–water partition coefficient (Wildman–Crippen LogP) is -1.01. The van der Waals surface area contributed by atoms with Crippen LogP contribution in [-0.4, -0.2) is 48.3 Å². The van der Waals surface area contributed by atoms with Crippen LogP contribution < -0.4 is 5.32 Å². The topological polar surface area (TPSA) is 76.9 Å². The Morgan fingerprint density at radius 1 is 1.60 bits per heavy atom. The second-order valence-electron chi connectivity index (χ2n) is 3.58. The summed E-state index contributed by atoms with van der Waals surface area (Å²) in [5.74, 6) is 0.883. The van der Waals surface area contributed by atoms with E-state index in [1.54, 1.807) is 18.8 Å². The molecule has 86 valence electrons. The Morgan fingerprint density at radius 2 is 2.27 bits per heavy atom. The normalized spacial score (nSPS) is 14.1. The minimum absolute atomic E-state index is 0.107. The van der Waals surface area contributed by atoms with Gasteiger partial charge in [-0.25, -0.2) is 13.4 Å². The number of hydrogen-bond acceptors (Lipinski definition) is 5. The molecule has 0 saturated heterocycles. The lowest BCUT2D eigenvalue weighted by Gasteiger charge is -2.13. The Hall–Kier alpha value is -0.950. The van der Waals surface area contributed by atoms with Crippen molar-refractivity contribution in [3.8, 4) is 0 Å². The Bertz CT molecular complexity index is 412. The third-order valence-corrected chi connectivity index (χ3v) is 3.15. The lowest BCUT2D eigenvalue weighted by Crippen LogP contribution is -2.35. The molecular weight excluding hydrogens is 216 g/mol. The minimum Gasteiger partial charge on any atom is -0.316 e. The second-order valence-corrected chi connectivity index (χ2v) is 5.77. The standard InChI is InChI=1S/C8H16N4O2S/c1-9-7(5-15(3,13)14)4-8-10-6-11-12(8)2/h6-7,9H,4-5H2,1-3H3. The maximum absolute atomic E-state index is 11.1. The van der Waals surface area contributed by atoms with Crippen LogP contribution in [0.15, 0.2) is 6.33 Å². The quantitative estimate of drug-likeness (QED) is 0.704. The first kappa shape index (κ1) is 12.1. The molecule has 7 heteroatoms. The van der Waals surface area contributed by atoms with Gasteiger partial charge in [-0.3, -0.25) is 4.68 Å². The van der Waals surface area contributed by atoms with E-state index in [0.717, 1.165) is 5.82 Å². The number of nitrogens with zero attached hydrogens (tertiary/aromatic N) is 3. The van der Waals surface area contributed by atoms with Crippen molar-refractivity contribution < 1.29 is 8.42 Å². The second kappa shape index (κ2) is 4.71. The van der Waals surface area contributed by atoms with Crippen LogP contribution in [0.4, 0.5) is 0 Å². The third kappa shape index (κ3) is 3.96. The first-order valence-electron chi connectivity index (χ1n) is 4.60. The first-order valence-corrected chi connectivity index (χ1v) is 6.66. The average Bonchev–Trinajstić information content (AvgIpc) is 2.48. The molecule has 0 fully saturated rings. The maximum atomic E-state index is 11.1. The van der Waals surface area contributed by atoms with Gasteiger partial charge in [-0.05, 0) is 7.05 Å². The lowest BCUT2D eigenvalue weighted by atomic mass is 10.2. The number of hydrogen-bond donors (Lipinski definition) is 1. The van der Waals surface area contributed by atoms with E-state index < -0.39 is 9.84 Å². The molecule has 1 rings (SSSR count). The summed E-state index contributed by atoms with van der Waals surface area (Å²) in [7, 11) is 0.558. The molecule has 0 amide bonds. The highest BCUT2D eigenvalue weighted by Gasteiger charge is 2.16. The van der Waals surface area contributed by atoms with E-state index in [4.69, 9.17) is 0 Å².